The molecule has 0 spiro atoms. The van der Waals surface area contributed by atoms with Gasteiger partial charge in [-0.3, -0.25) is 4.79 Å². The second kappa shape index (κ2) is 10.2. The van der Waals surface area contributed by atoms with Gasteiger partial charge in [-0.2, -0.15) is 0 Å². The number of hydrogen-bond donors (Lipinski definition) is 0. The summed E-state index contributed by atoms with van der Waals surface area (Å²) < 4.78 is 0. The van der Waals surface area contributed by atoms with Crippen molar-refractivity contribution in [3.8, 4) is 0 Å². The highest BCUT2D eigenvalue weighted by Gasteiger charge is 2.25. The molecule has 1 fully saturated rings. The summed E-state index contributed by atoms with van der Waals surface area (Å²) in [6, 6.07) is 16.7. The fourth-order valence-electron chi connectivity index (χ4n) is 4.47. The Bertz CT molecular complexity index is 1100. The number of nitrogens with zero attached hydrogens (tertiary/aromatic N) is 4. The molecule has 33 heavy (non-hydrogen) atoms. The number of rotatable bonds is 6. The van der Waals surface area contributed by atoms with Crippen LogP contribution in [0.25, 0.3) is 0 Å². The summed E-state index contributed by atoms with van der Waals surface area (Å²) in [5.41, 5.74) is 6.89. The summed E-state index contributed by atoms with van der Waals surface area (Å²) in [4.78, 5) is 26.9. The Morgan fingerprint density at radius 3 is 2.06 bits per heavy atom. The van der Waals surface area contributed by atoms with Crippen molar-refractivity contribution < 1.29 is 4.79 Å². The minimum Gasteiger partial charge on any atom is -0.353 e. The minimum atomic E-state index is 0.116. The standard InChI is InChI=1S/C28H34N4O/c1-5-22-11-13-24(14-12-22)28(33)32-17-15-31(16-18-32)27-25(26(6-2)29-21(4)30-27)19-23-9-7-20(3)8-10-23/h7-14H,5-6,15-19H2,1-4H3. The van der Waals surface area contributed by atoms with Crippen molar-refractivity contribution in [3.05, 3.63) is 87.9 Å². The molecule has 1 saturated heterocycles. The zero-order chi connectivity index (χ0) is 23.4. The van der Waals surface area contributed by atoms with Crippen molar-refractivity contribution in [2.45, 2.75) is 47.0 Å². The Kier molecular flexibility index (Phi) is 7.07. The Morgan fingerprint density at radius 2 is 1.45 bits per heavy atom. The highest BCUT2D eigenvalue weighted by Crippen LogP contribution is 2.26. The number of benzene rings is 2. The molecule has 172 valence electrons. The zero-order valence-corrected chi connectivity index (χ0v) is 20.3. The molecule has 1 aliphatic heterocycles. The number of amides is 1. The molecule has 1 amide bonds. The van der Waals surface area contributed by atoms with Gasteiger partial charge < -0.3 is 9.80 Å². The van der Waals surface area contributed by atoms with Crippen LogP contribution in [0.5, 0.6) is 0 Å². The molecule has 0 unspecified atom stereocenters. The van der Waals surface area contributed by atoms with Crippen molar-refractivity contribution in [2.75, 3.05) is 31.1 Å². The fraction of sp³-hybridized carbons (Fsp3) is 0.393. The first-order chi connectivity index (χ1) is 16.0. The van der Waals surface area contributed by atoms with Crippen molar-refractivity contribution in [1.82, 2.24) is 14.9 Å². The average Bonchev–Trinajstić information content (AvgIpc) is 2.85. The number of aryl methyl sites for hydroxylation is 4. The van der Waals surface area contributed by atoms with E-state index in [9.17, 15) is 4.79 Å². The maximum absolute atomic E-state index is 13.0. The summed E-state index contributed by atoms with van der Waals surface area (Å²) >= 11 is 0. The van der Waals surface area contributed by atoms with Crippen molar-refractivity contribution in [1.29, 1.82) is 0 Å². The van der Waals surface area contributed by atoms with Crippen LogP contribution in [0.2, 0.25) is 0 Å². The molecule has 2 aromatic carbocycles. The maximum atomic E-state index is 13.0. The van der Waals surface area contributed by atoms with Gasteiger partial charge in [-0.25, -0.2) is 9.97 Å². The molecule has 0 bridgehead atoms. The molecule has 1 aliphatic rings. The topological polar surface area (TPSA) is 49.3 Å². The second-order valence-electron chi connectivity index (χ2n) is 8.87. The number of aromatic nitrogens is 2. The van der Waals surface area contributed by atoms with Crippen LogP contribution in [0.3, 0.4) is 0 Å². The Balaban J connectivity index is 1.52. The van der Waals surface area contributed by atoms with E-state index in [1.807, 2.05) is 24.0 Å². The Morgan fingerprint density at radius 1 is 0.818 bits per heavy atom. The van der Waals surface area contributed by atoms with Crippen molar-refractivity contribution >= 4 is 11.7 Å². The van der Waals surface area contributed by atoms with Crippen LogP contribution in [-0.2, 0) is 19.3 Å². The summed E-state index contributed by atoms with van der Waals surface area (Å²) in [5, 5.41) is 0. The Labute approximate surface area is 197 Å². The van der Waals surface area contributed by atoms with Gasteiger partial charge in [0.1, 0.15) is 11.6 Å². The number of hydrogen-bond acceptors (Lipinski definition) is 4. The van der Waals surface area contributed by atoms with Crippen molar-refractivity contribution in [3.63, 3.8) is 0 Å². The van der Waals surface area contributed by atoms with E-state index in [1.54, 1.807) is 0 Å². The summed E-state index contributed by atoms with van der Waals surface area (Å²) in [7, 11) is 0. The number of carbonyl (C=O) groups is 1. The molecule has 5 heteroatoms. The zero-order valence-electron chi connectivity index (χ0n) is 20.3. The van der Waals surface area contributed by atoms with Crippen molar-refractivity contribution in [2.24, 2.45) is 0 Å². The predicted octanol–water partition coefficient (Wildman–Crippen LogP) is 4.77. The summed E-state index contributed by atoms with van der Waals surface area (Å²) in [6.45, 7) is 11.3. The van der Waals surface area contributed by atoms with Gasteiger partial charge in [0.2, 0.25) is 0 Å². The lowest BCUT2D eigenvalue weighted by atomic mass is 10.0. The first kappa shape index (κ1) is 23.0. The first-order valence-electron chi connectivity index (χ1n) is 12.0. The molecular formula is C28H34N4O. The SMILES string of the molecule is CCc1ccc(C(=O)N2CCN(c3nc(C)nc(CC)c3Cc3ccc(C)cc3)CC2)cc1. The highest BCUT2D eigenvalue weighted by molar-refractivity contribution is 5.94. The highest BCUT2D eigenvalue weighted by atomic mass is 16.2. The van der Waals surface area contributed by atoms with E-state index >= 15 is 0 Å². The molecule has 0 saturated carbocycles. The Hall–Kier alpha value is -3.21. The summed E-state index contributed by atoms with van der Waals surface area (Å²) in [6.07, 6.45) is 2.68. The minimum absolute atomic E-state index is 0.116. The molecule has 0 atom stereocenters. The van der Waals surface area contributed by atoms with E-state index in [4.69, 9.17) is 9.97 Å². The lowest BCUT2D eigenvalue weighted by molar-refractivity contribution is 0.0746. The lowest BCUT2D eigenvalue weighted by Crippen LogP contribution is -2.49. The summed E-state index contributed by atoms with van der Waals surface area (Å²) in [5.74, 6) is 1.95. The molecule has 0 N–H and O–H groups in total. The molecule has 0 radical (unpaired) electrons. The largest absolute Gasteiger partial charge is 0.353 e. The quantitative estimate of drug-likeness (QED) is 0.552. The van der Waals surface area contributed by atoms with Gasteiger partial charge in [-0.15, -0.1) is 0 Å². The van der Waals surface area contributed by atoms with Crippen LogP contribution < -0.4 is 4.90 Å². The van der Waals surface area contributed by atoms with E-state index in [0.29, 0.717) is 13.1 Å². The smallest absolute Gasteiger partial charge is 0.253 e. The fourth-order valence-corrected chi connectivity index (χ4v) is 4.47. The van der Waals surface area contributed by atoms with Gasteiger partial charge in [-0.1, -0.05) is 55.8 Å². The molecule has 2 heterocycles. The third-order valence-corrected chi connectivity index (χ3v) is 6.49. The van der Waals surface area contributed by atoms with E-state index in [0.717, 1.165) is 55.3 Å². The molecule has 0 aliphatic carbocycles. The van der Waals surface area contributed by atoms with E-state index in [-0.39, 0.29) is 5.91 Å². The molecule has 5 nitrogen and oxygen atoms in total. The van der Waals surface area contributed by atoms with Gasteiger partial charge in [-0.05, 0) is 49.9 Å². The van der Waals surface area contributed by atoms with Gasteiger partial charge in [0.25, 0.3) is 5.91 Å². The number of piperazine rings is 1. The van der Waals surface area contributed by atoms with Crippen LogP contribution >= 0.6 is 0 Å². The first-order valence-corrected chi connectivity index (χ1v) is 12.0. The van der Waals surface area contributed by atoms with E-state index in [2.05, 4.69) is 62.1 Å². The molecule has 3 aromatic rings. The number of anilines is 1. The van der Waals surface area contributed by atoms with Crippen LogP contribution in [0, 0.1) is 13.8 Å². The van der Waals surface area contributed by atoms with Crippen LogP contribution in [0.4, 0.5) is 5.82 Å². The third kappa shape index (κ3) is 5.24. The van der Waals surface area contributed by atoms with Gasteiger partial charge in [0.15, 0.2) is 0 Å². The van der Waals surface area contributed by atoms with Crippen LogP contribution in [0.1, 0.15) is 58.0 Å². The predicted molar refractivity (Wildman–Crippen MR) is 134 cm³/mol. The van der Waals surface area contributed by atoms with E-state index in [1.165, 1.54) is 22.3 Å². The number of carbonyl (C=O) groups excluding carboxylic acids is 1. The van der Waals surface area contributed by atoms with Gasteiger partial charge in [0, 0.05) is 49.4 Å². The van der Waals surface area contributed by atoms with Crippen LogP contribution in [-0.4, -0.2) is 47.0 Å². The molecule has 4 rings (SSSR count). The van der Waals surface area contributed by atoms with E-state index < -0.39 is 0 Å². The van der Waals surface area contributed by atoms with Gasteiger partial charge >= 0.3 is 0 Å². The van der Waals surface area contributed by atoms with Gasteiger partial charge in [0.05, 0.1) is 0 Å². The van der Waals surface area contributed by atoms with Crippen LogP contribution in [0.15, 0.2) is 48.5 Å². The lowest BCUT2D eigenvalue weighted by Gasteiger charge is -2.36. The normalized spacial score (nSPS) is 13.9. The third-order valence-electron chi connectivity index (χ3n) is 6.49. The monoisotopic (exact) mass is 442 g/mol. The second-order valence-corrected chi connectivity index (χ2v) is 8.87. The molecule has 1 aromatic heterocycles. The molecular weight excluding hydrogens is 408 g/mol. The average molecular weight is 443 g/mol. The maximum Gasteiger partial charge on any atom is 0.253 e.